The molecule has 0 spiro atoms. The van der Waals surface area contributed by atoms with Crippen molar-refractivity contribution >= 4 is 10.8 Å². The van der Waals surface area contributed by atoms with Gasteiger partial charge in [0.1, 0.15) is 0 Å². The molecule has 2 aromatic rings. The lowest BCUT2D eigenvalue weighted by atomic mass is 10.00. The Hall–Kier alpha value is -1.45. The van der Waals surface area contributed by atoms with Gasteiger partial charge in [0.05, 0.1) is 0 Å². The molecular weight excluding hydrogens is 236 g/mol. The highest BCUT2D eigenvalue weighted by atomic mass is 16.5. The first-order valence-electron chi connectivity index (χ1n) is 6.94. The summed E-state index contributed by atoms with van der Waals surface area (Å²) in [6, 6.07) is 8.67. The number of aromatic nitrogens is 1. The van der Waals surface area contributed by atoms with E-state index in [1.165, 1.54) is 16.3 Å². The van der Waals surface area contributed by atoms with Crippen molar-refractivity contribution in [1.29, 1.82) is 0 Å². The molecule has 102 valence electrons. The first kappa shape index (κ1) is 14.0. The molecule has 0 aliphatic rings. The van der Waals surface area contributed by atoms with E-state index in [0.29, 0.717) is 0 Å². The van der Waals surface area contributed by atoms with Crippen molar-refractivity contribution in [2.24, 2.45) is 0 Å². The lowest BCUT2D eigenvalue weighted by Crippen LogP contribution is -2.19. The Balaban J connectivity index is 2.16. The molecule has 1 aromatic heterocycles. The summed E-state index contributed by atoms with van der Waals surface area (Å²) >= 11 is 0. The third kappa shape index (κ3) is 3.52. The predicted octanol–water partition coefficient (Wildman–Crippen LogP) is 3.31. The summed E-state index contributed by atoms with van der Waals surface area (Å²) in [6.07, 6.45) is 5.91. The highest BCUT2D eigenvalue weighted by molar-refractivity contribution is 5.85. The van der Waals surface area contributed by atoms with Crippen LogP contribution in [-0.4, -0.2) is 25.2 Å². The van der Waals surface area contributed by atoms with Crippen LogP contribution in [0.3, 0.4) is 0 Å². The molecule has 3 nitrogen and oxygen atoms in total. The van der Waals surface area contributed by atoms with Gasteiger partial charge >= 0.3 is 0 Å². The van der Waals surface area contributed by atoms with Crippen LogP contribution >= 0.6 is 0 Å². The molecular formula is C16H22N2O. The lowest BCUT2D eigenvalue weighted by Gasteiger charge is -2.18. The van der Waals surface area contributed by atoms with Gasteiger partial charge in [-0.15, -0.1) is 0 Å². The first-order chi connectivity index (χ1) is 9.36. The van der Waals surface area contributed by atoms with Crippen LogP contribution in [-0.2, 0) is 4.74 Å². The molecule has 0 bridgehead atoms. The van der Waals surface area contributed by atoms with Gasteiger partial charge in [-0.3, -0.25) is 4.98 Å². The number of fused-ring (bicyclic) bond motifs is 1. The van der Waals surface area contributed by atoms with E-state index < -0.39 is 0 Å². The smallest absolute Gasteiger partial charge is 0.0484 e. The molecule has 0 fully saturated rings. The quantitative estimate of drug-likeness (QED) is 0.774. The summed E-state index contributed by atoms with van der Waals surface area (Å²) in [5.41, 5.74) is 1.25. The summed E-state index contributed by atoms with van der Waals surface area (Å²) in [4.78, 5) is 4.35. The van der Waals surface area contributed by atoms with Crippen molar-refractivity contribution in [1.82, 2.24) is 10.3 Å². The molecule has 2 rings (SSSR count). The van der Waals surface area contributed by atoms with E-state index in [0.717, 1.165) is 26.1 Å². The van der Waals surface area contributed by atoms with Crippen LogP contribution in [0.5, 0.6) is 0 Å². The molecule has 0 radical (unpaired) electrons. The molecule has 1 unspecified atom stereocenters. The highest BCUT2D eigenvalue weighted by Crippen LogP contribution is 2.24. The number of hydrogen-bond acceptors (Lipinski definition) is 3. The van der Waals surface area contributed by atoms with Crippen LogP contribution in [0.15, 0.2) is 36.7 Å². The number of nitrogens with one attached hydrogen (secondary N) is 1. The third-order valence-electron chi connectivity index (χ3n) is 3.32. The van der Waals surface area contributed by atoms with E-state index >= 15 is 0 Å². The summed E-state index contributed by atoms with van der Waals surface area (Å²) < 4.78 is 5.59. The number of benzene rings is 1. The van der Waals surface area contributed by atoms with Crippen LogP contribution in [0.4, 0.5) is 0 Å². The Bertz CT molecular complexity index is 508. The summed E-state index contributed by atoms with van der Waals surface area (Å²) in [5, 5.41) is 5.83. The van der Waals surface area contributed by atoms with E-state index in [-0.39, 0.29) is 6.04 Å². The number of ether oxygens (including phenoxy) is 1. The van der Waals surface area contributed by atoms with Gasteiger partial charge in [-0.25, -0.2) is 0 Å². The van der Waals surface area contributed by atoms with Crippen molar-refractivity contribution in [2.75, 3.05) is 20.3 Å². The SMILES string of the molecule is CCCOCCC(NC)c1cncc2ccccc12. The molecule has 1 heterocycles. The fraction of sp³-hybridized carbons (Fsp3) is 0.438. The Morgan fingerprint density at radius 1 is 1.21 bits per heavy atom. The van der Waals surface area contributed by atoms with Crippen LogP contribution < -0.4 is 5.32 Å². The van der Waals surface area contributed by atoms with Crippen LogP contribution in [0.2, 0.25) is 0 Å². The van der Waals surface area contributed by atoms with Crippen molar-refractivity contribution in [3.05, 3.63) is 42.2 Å². The number of hydrogen-bond donors (Lipinski definition) is 1. The van der Waals surface area contributed by atoms with Gasteiger partial charge in [-0.05, 0) is 30.8 Å². The topological polar surface area (TPSA) is 34.1 Å². The van der Waals surface area contributed by atoms with Gasteiger partial charge in [-0.1, -0.05) is 31.2 Å². The van der Waals surface area contributed by atoms with Crippen LogP contribution in [0, 0.1) is 0 Å². The maximum absolute atomic E-state index is 5.59. The largest absolute Gasteiger partial charge is 0.381 e. The van der Waals surface area contributed by atoms with Gasteiger partial charge in [-0.2, -0.15) is 0 Å². The van der Waals surface area contributed by atoms with Gasteiger partial charge in [0.15, 0.2) is 0 Å². The van der Waals surface area contributed by atoms with E-state index in [1.807, 2.05) is 25.5 Å². The van der Waals surface area contributed by atoms with E-state index in [2.05, 4.69) is 35.4 Å². The zero-order valence-electron chi connectivity index (χ0n) is 11.7. The maximum atomic E-state index is 5.59. The molecule has 0 saturated heterocycles. The van der Waals surface area contributed by atoms with Gasteiger partial charge in [0, 0.05) is 37.0 Å². The Morgan fingerprint density at radius 3 is 2.84 bits per heavy atom. The average Bonchev–Trinajstić information content (AvgIpc) is 2.47. The standard InChI is InChI=1S/C16H22N2O/c1-3-9-19-10-8-16(17-2)15-12-18-11-13-6-4-5-7-14(13)15/h4-7,11-12,16-17H,3,8-10H2,1-2H3. The molecule has 3 heteroatoms. The number of rotatable bonds is 7. The second-order valence-electron chi connectivity index (χ2n) is 4.69. The fourth-order valence-corrected chi connectivity index (χ4v) is 2.32. The minimum Gasteiger partial charge on any atom is -0.381 e. The predicted molar refractivity (Wildman–Crippen MR) is 79.3 cm³/mol. The molecule has 0 amide bonds. The molecule has 0 aliphatic heterocycles. The van der Waals surface area contributed by atoms with Crippen molar-refractivity contribution in [3.63, 3.8) is 0 Å². The van der Waals surface area contributed by atoms with Crippen LogP contribution in [0.1, 0.15) is 31.4 Å². The lowest BCUT2D eigenvalue weighted by molar-refractivity contribution is 0.125. The summed E-state index contributed by atoms with van der Waals surface area (Å²) in [7, 11) is 1.99. The van der Waals surface area contributed by atoms with Gasteiger partial charge in [0.25, 0.3) is 0 Å². The monoisotopic (exact) mass is 258 g/mol. The Morgan fingerprint density at radius 2 is 2.05 bits per heavy atom. The van der Waals surface area contributed by atoms with E-state index in [1.54, 1.807) is 0 Å². The zero-order chi connectivity index (χ0) is 13.5. The minimum atomic E-state index is 0.287. The van der Waals surface area contributed by atoms with Crippen molar-refractivity contribution in [3.8, 4) is 0 Å². The van der Waals surface area contributed by atoms with Crippen molar-refractivity contribution in [2.45, 2.75) is 25.8 Å². The molecule has 0 aliphatic carbocycles. The second kappa shape index (κ2) is 7.22. The molecule has 0 saturated carbocycles. The minimum absolute atomic E-state index is 0.287. The normalized spacial score (nSPS) is 12.7. The fourth-order valence-electron chi connectivity index (χ4n) is 2.32. The molecule has 1 atom stereocenters. The average molecular weight is 258 g/mol. The second-order valence-corrected chi connectivity index (χ2v) is 4.69. The van der Waals surface area contributed by atoms with Crippen LogP contribution in [0.25, 0.3) is 10.8 Å². The highest BCUT2D eigenvalue weighted by Gasteiger charge is 2.12. The third-order valence-corrected chi connectivity index (χ3v) is 3.32. The Kier molecular flexibility index (Phi) is 5.31. The summed E-state index contributed by atoms with van der Waals surface area (Å²) in [6.45, 7) is 3.75. The molecule has 1 N–H and O–H groups in total. The van der Waals surface area contributed by atoms with E-state index in [9.17, 15) is 0 Å². The zero-order valence-corrected chi connectivity index (χ0v) is 11.7. The maximum Gasteiger partial charge on any atom is 0.0484 e. The first-order valence-corrected chi connectivity index (χ1v) is 6.94. The molecule has 1 aromatic carbocycles. The van der Waals surface area contributed by atoms with Gasteiger partial charge < -0.3 is 10.1 Å². The van der Waals surface area contributed by atoms with Gasteiger partial charge in [0.2, 0.25) is 0 Å². The van der Waals surface area contributed by atoms with E-state index in [4.69, 9.17) is 4.74 Å². The summed E-state index contributed by atoms with van der Waals surface area (Å²) in [5.74, 6) is 0. The number of pyridine rings is 1. The molecule has 19 heavy (non-hydrogen) atoms. The Labute approximate surface area is 115 Å². The van der Waals surface area contributed by atoms with Crippen molar-refractivity contribution < 1.29 is 4.74 Å². The number of nitrogens with zero attached hydrogens (tertiary/aromatic N) is 1.